The molecule has 1 aliphatic heterocycles. The number of hydrogen-bond acceptors (Lipinski definition) is 4. The van der Waals surface area contributed by atoms with Crippen molar-refractivity contribution in [3.05, 3.63) is 35.4 Å². The second kappa shape index (κ2) is 7.22. The molecule has 1 atom stereocenters. The number of nitrogens with one attached hydrogen (secondary N) is 1. The lowest BCUT2D eigenvalue weighted by Gasteiger charge is -2.13. The van der Waals surface area contributed by atoms with E-state index in [-0.39, 0.29) is 11.9 Å². The molecule has 1 fully saturated rings. The van der Waals surface area contributed by atoms with Crippen molar-refractivity contribution in [1.82, 2.24) is 5.32 Å². The molecule has 104 valence electrons. The average Bonchev–Trinajstić information content (AvgIpc) is 2.93. The highest BCUT2D eigenvalue weighted by atomic mass is 32.2. The summed E-state index contributed by atoms with van der Waals surface area (Å²) < 4.78 is 5.54. The van der Waals surface area contributed by atoms with Crippen molar-refractivity contribution >= 4 is 29.4 Å². The summed E-state index contributed by atoms with van der Waals surface area (Å²) in [6, 6.07) is 7.96. The van der Waals surface area contributed by atoms with Gasteiger partial charge in [0.15, 0.2) is 0 Å². The van der Waals surface area contributed by atoms with Crippen LogP contribution in [0.5, 0.6) is 0 Å². The maximum absolute atomic E-state index is 12.0. The number of carbonyl (C=O) groups excluding carboxylic acids is 1. The molecular formula is C14H19NO2S2. The summed E-state index contributed by atoms with van der Waals surface area (Å²) in [5.74, 6) is 2.39. The van der Waals surface area contributed by atoms with Gasteiger partial charge >= 0.3 is 0 Å². The summed E-state index contributed by atoms with van der Waals surface area (Å²) in [4.78, 5) is 12.0. The molecule has 1 aliphatic rings. The molecule has 1 amide bonds. The Labute approximate surface area is 122 Å². The molecule has 1 heterocycles. The van der Waals surface area contributed by atoms with Crippen LogP contribution in [0, 0.1) is 0 Å². The normalized spacial score (nSPS) is 17.4. The molecular weight excluding hydrogens is 278 g/mol. The van der Waals surface area contributed by atoms with Gasteiger partial charge in [-0.15, -0.1) is 23.5 Å². The van der Waals surface area contributed by atoms with Crippen LogP contribution in [0.15, 0.2) is 24.3 Å². The summed E-state index contributed by atoms with van der Waals surface area (Å²) >= 11 is 3.95. The minimum absolute atomic E-state index is 0.0260. The van der Waals surface area contributed by atoms with Crippen LogP contribution < -0.4 is 5.32 Å². The molecule has 0 aromatic heterocycles. The lowest BCUT2D eigenvalue weighted by molar-refractivity contribution is 0.0905. The van der Waals surface area contributed by atoms with Crippen LogP contribution in [-0.4, -0.2) is 37.2 Å². The molecule has 0 saturated carbocycles. The second-order valence-corrected chi connectivity index (χ2v) is 7.25. The zero-order valence-corrected chi connectivity index (χ0v) is 12.9. The molecule has 1 aromatic rings. The Hall–Kier alpha value is -0.650. The van der Waals surface area contributed by atoms with Crippen molar-refractivity contribution in [2.45, 2.75) is 17.5 Å². The van der Waals surface area contributed by atoms with Gasteiger partial charge in [-0.25, -0.2) is 0 Å². The first-order valence-corrected chi connectivity index (χ1v) is 8.43. The molecule has 19 heavy (non-hydrogen) atoms. The highest BCUT2D eigenvalue weighted by Crippen LogP contribution is 2.45. The number of amides is 1. The third-order valence-electron chi connectivity index (χ3n) is 2.86. The van der Waals surface area contributed by atoms with E-state index in [1.165, 1.54) is 17.1 Å². The van der Waals surface area contributed by atoms with E-state index >= 15 is 0 Å². The molecule has 2 rings (SSSR count). The van der Waals surface area contributed by atoms with E-state index in [4.69, 9.17) is 4.74 Å². The van der Waals surface area contributed by atoms with Gasteiger partial charge in [-0.2, -0.15) is 0 Å². The summed E-state index contributed by atoms with van der Waals surface area (Å²) in [6.07, 6.45) is 0. The standard InChI is InChI=1S/C14H19NO2S2/c1-10(9-17-2)15-13(16)11-3-5-12(6-4-11)14-18-7-8-19-14/h3-6,10,14H,7-9H2,1-2H3,(H,15,16)/t10-/m0/s1. The monoisotopic (exact) mass is 297 g/mol. The molecule has 0 unspecified atom stereocenters. The number of benzene rings is 1. The van der Waals surface area contributed by atoms with Gasteiger partial charge in [0.1, 0.15) is 0 Å². The van der Waals surface area contributed by atoms with Crippen molar-refractivity contribution in [2.24, 2.45) is 0 Å². The fourth-order valence-electron chi connectivity index (χ4n) is 1.94. The van der Waals surface area contributed by atoms with Crippen LogP contribution >= 0.6 is 23.5 Å². The van der Waals surface area contributed by atoms with Crippen LogP contribution in [0.2, 0.25) is 0 Å². The molecule has 1 aromatic carbocycles. The first kappa shape index (κ1) is 14.8. The fraction of sp³-hybridized carbons (Fsp3) is 0.500. The fourth-order valence-corrected chi connectivity index (χ4v) is 4.80. The topological polar surface area (TPSA) is 38.3 Å². The van der Waals surface area contributed by atoms with Crippen molar-refractivity contribution < 1.29 is 9.53 Å². The van der Waals surface area contributed by atoms with Gasteiger partial charge in [0.25, 0.3) is 5.91 Å². The van der Waals surface area contributed by atoms with E-state index in [1.54, 1.807) is 7.11 Å². The minimum Gasteiger partial charge on any atom is -0.383 e. The molecule has 0 radical (unpaired) electrons. The van der Waals surface area contributed by atoms with Gasteiger partial charge < -0.3 is 10.1 Å². The van der Waals surface area contributed by atoms with Gasteiger partial charge in [-0.05, 0) is 24.6 Å². The highest BCUT2D eigenvalue weighted by Gasteiger charge is 2.18. The maximum atomic E-state index is 12.0. The van der Waals surface area contributed by atoms with Crippen molar-refractivity contribution in [1.29, 1.82) is 0 Å². The summed E-state index contributed by atoms with van der Waals surface area (Å²) in [5.41, 5.74) is 2.01. The summed E-state index contributed by atoms with van der Waals surface area (Å²) in [6.45, 7) is 2.46. The van der Waals surface area contributed by atoms with E-state index < -0.39 is 0 Å². The highest BCUT2D eigenvalue weighted by molar-refractivity contribution is 8.19. The predicted octanol–water partition coefficient (Wildman–Crippen LogP) is 2.93. The van der Waals surface area contributed by atoms with Gasteiger partial charge in [0, 0.05) is 30.2 Å². The Bertz CT molecular complexity index is 416. The number of hydrogen-bond donors (Lipinski definition) is 1. The third-order valence-corrected chi connectivity index (χ3v) is 5.97. The number of ether oxygens (including phenoxy) is 1. The van der Waals surface area contributed by atoms with Gasteiger partial charge in [-0.1, -0.05) is 12.1 Å². The van der Waals surface area contributed by atoms with Crippen molar-refractivity contribution in [3.63, 3.8) is 0 Å². The van der Waals surface area contributed by atoms with E-state index in [0.29, 0.717) is 16.8 Å². The zero-order chi connectivity index (χ0) is 13.7. The quantitative estimate of drug-likeness (QED) is 0.907. The van der Waals surface area contributed by atoms with E-state index in [0.717, 1.165) is 0 Å². The second-order valence-electron chi connectivity index (χ2n) is 4.53. The Morgan fingerprint density at radius 3 is 2.58 bits per heavy atom. The first-order valence-electron chi connectivity index (χ1n) is 6.33. The van der Waals surface area contributed by atoms with E-state index in [2.05, 4.69) is 17.4 Å². The molecule has 1 N–H and O–H groups in total. The number of methoxy groups -OCH3 is 1. The SMILES string of the molecule is COC[C@H](C)NC(=O)c1ccc(C2SCCS2)cc1. The predicted molar refractivity (Wildman–Crippen MR) is 82.9 cm³/mol. The number of carbonyl (C=O) groups is 1. The van der Waals surface area contributed by atoms with E-state index in [9.17, 15) is 4.79 Å². The van der Waals surface area contributed by atoms with Crippen LogP contribution in [0.25, 0.3) is 0 Å². The lowest BCUT2D eigenvalue weighted by atomic mass is 10.1. The van der Waals surface area contributed by atoms with Crippen LogP contribution in [0.3, 0.4) is 0 Å². The summed E-state index contributed by atoms with van der Waals surface area (Å²) in [7, 11) is 1.63. The van der Waals surface area contributed by atoms with Crippen molar-refractivity contribution in [2.75, 3.05) is 25.2 Å². The van der Waals surface area contributed by atoms with E-state index in [1.807, 2.05) is 42.6 Å². The Morgan fingerprint density at radius 2 is 2.00 bits per heavy atom. The average molecular weight is 297 g/mol. The van der Waals surface area contributed by atoms with Crippen LogP contribution in [-0.2, 0) is 4.74 Å². The molecule has 0 bridgehead atoms. The number of rotatable bonds is 5. The molecule has 5 heteroatoms. The van der Waals surface area contributed by atoms with Gasteiger partial charge in [0.2, 0.25) is 0 Å². The lowest BCUT2D eigenvalue weighted by Crippen LogP contribution is -2.35. The smallest absolute Gasteiger partial charge is 0.251 e. The third kappa shape index (κ3) is 4.16. The zero-order valence-electron chi connectivity index (χ0n) is 11.2. The molecule has 3 nitrogen and oxygen atoms in total. The van der Waals surface area contributed by atoms with Gasteiger partial charge in [-0.3, -0.25) is 4.79 Å². The minimum atomic E-state index is -0.0390. The Kier molecular flexibility index (Phi) is 5.60. The van der Waals surface area contributed by atoms with Crippen molar-refractivity contribution in [3.8, 4) is 0 Å². The Morgan fingerprint density at radius 1 is 1.37 bits per heavy atom. The number of thioether (sulfide) groups is 2. The maximum Gasteiger partial charge on any atom is 0.251 e. The molecule has 0 aliphatic carbocycles. The van der Waals surface area contributed by atoms with Crippen LogP contribution in [0.4, 0.5) is 0 Å². The first-order chi connectivity index (χ1) is 9.20. The van der Waals surface area contributed by atoms with Gasteiger partial charge in [0.05, 0.1) is 11.2 Å². The largest absolute Gasteiger partial charge is 0.383 e. The summed E-state index contributed by atoms with van der Waals surface area (Å²) in [5, 5.41) is 2.91. The molecule has 0 spiro atoms. The molecule has 1 saturated heterocycles. The Balaban J connectivity index is 1.95. The van der Waals surface area contributed by atoms with Crippen LogP contribution in [0.1, 0.15) is 27.4 Å².